The smallest absolute Gasteiger partial charge is 0.308 e. The molecule has 6 nitrogen and oxygen atoms in total. The molecule has 0 spiro atoms. The van der Waals surface area contributed by atoms with Gasteiger partial charge < -0.3 is 15.4 Å². The minimum atomic E-state index is -0.452. The van der Waals surface area contributed by atoms with Crippen LogP contribution in [0.5, 0.6) is 5.75 Å². The highest BCUT2D eigenvalue weighted by molar-refractivity contribution is 9.10. The van der Waals surface area contributed by atoms with Crippen molar-refractivity contribution < 1.29 is 19.1 Å². The molecule has 2 amide bonds. The van der Waals surface area contributed by atoms with Crippen LogP contribution in [0.15, 0.2) is 53.0 Å². The van der Waals surface area contributed by atoms with E-state index in [0.29, 0.717) is 21.3 Å². The van der Waals surface area contributed by atoms with Crippen molar-refractivity contribution in [1.29, 1.82) is 0 Å². The SMILES string of the molecule is CC(=O)Oc1cccc(C(=O)NCCNC(=O)c2ccccc2Br)c1. The third-order valence-electron chi connectivity index (χ3n) is 3.17. The van der Waals surface area contributed by atoms with Crippen LogP contribution in [0.4, 0.5) is 0 Å². The van der Waals surface area contributed by atoms with Gasteiger partial charge in [-0.3, -0.25) is 14.4 Å². The maximum atomic E-state index is 12.1. The molecule has 0 atom stereocenters. The van der Waals surface area contributed by atoms with Crippen LogP contribution in [0.3, 0.4) is 0 Å². The zero-order valence-corrected chi connectivity index (χ0v) is 15.1. The van der Waals surface area contributed by atoms with E-state index in [1.54, 1.807) is 36.4 Å². The van der Waals surface area contributed by atoms with Crippen molar-refractivity contribution in [2.24, 2.45) is 0 Å². The molecular formula is C18H17BrN2O4. The Kier molecular flexibility index (Phi) is 6.71. The van der Waals surface area contributed by atoms with E-state index in [0.717, 1.165) is 0 Å². The molecule has 0 aliphatic rings. The standard InChI is InChI=1S/C18H17BrN2O4/c1-12(22)25-14-6-4-5-13(11-14)17(23)20-9-10-21-18(24)15-7-2-3-8-16(15)19/h2-8,11H,9-10H2,1H3,(H,20,23)(H,21,24). The predicted octanol–water partition coefficient (Wildman–Crippen LogP) is 2.53. The number of benzene rings is 2. The van der Waals surface area contributed by atoms with Gasteiger partial charge >= 0.3 is 5.97 Å². The van der Waals surface area contributed by atoms with Crippen LogP contribution in [0.2, 0.25) is 0 Å². The van der Waals surface area contributed by atoms with Crippen molar-refractivity contribution in [1.82, 2.24) is 10.6 Å². The first-order chi connectivity index (χ1) is 12.0. The molecule has 0 aromatic heterocycles. The van der Waals surface area contributed by atoms with Gasteiger partial charge in [0, 0.05) is 30.0 Å². The van der Waals surface area contributed by atoms with Gasteiger partial charge in [0.25, 0.3) is 11.8 Å². The maximum absolute atomic E-state index is 12.1. The molecule has 0 radical (unpaired) electrons. The molecule has 0 bridgehead atoms. The van der Waals surface area contributed by atoms with Crippen LogP contribution in [0.25, 0.3) is 0 Å². The van der Waals surface area contributed by atoms with E-state index in [9.17, 15) is 14.4 Å². The molecule has 2 aromatic rings. The Morgan fingerprint density at radius 1 is 0.960 bits per heavy atom. The summed E-state index contributed by atoms with van der Waals surface area (Å²) in [6.45, 7) is 1.85. The second kappa shape index (κ2) is 8.98. The highest BCUT2D eigenvalue weighted by atomic mass is 79.9. The fraction of sp³-hybridized carbons (Fsp3) is 0.167. The molecule has 130 valence electrons. The van der Waals surface area contributed by atoms with Gasteiger partial charge in [-0.2, -0.15) is 0 Å². The highest BCUT2D eigenvalue weighted by Crippen LogP contribution is 2.15. The summed E-state index contributed by atoms with van der Waals surface area (Å²) in [5, 5.41) is 5.43. The Morgan fingerprint density at radius 3 is 2.32 bits per heavy atom. The average Bonchev–Trinajstić information content (AvgIpc) is 2.58. The zero-order chi connectivity index (χ0) is 18.2. The van der Waals surface area contributed by atoms with Crippen LogP contribution < -0.4 is 15.4 Å². The molecule has 0 unspecified atom stereocenters. The normalized spacial score (nSPS) is 10.0. The van der Waals surface area contributed by atoms with E-state index in [4.69, 9.17) is 4.74 Å². The van der Waals surface area contributed by atoms with Gasteiger partial charge in [0.15, 0.2) is 0 Å². The van der Waals surface area contributed by atoms with E-state index in [2.05, 4.69) is 26.6 Å². The second-order valence-electron chi connectivity index (χ2n) is 5.11. The molecule has 0 aliphatic carbocycles. The Balaban J connectivity index is 1.82. The lowest BCUT2D eigenvalue weighted by Crippen LogP contribution is -2.34. The zero-order valence-electron chi connectivity index (χ0n) is 13.5. The third-order valence-corrected chi connectivity index (χ3v) is 3.86. The van der Waals surface area contributed by atoms with Crippen LogP contribution >= 0.6 is 15.9 Å². The lowest BCUT2D eigenvalue weighted by Gasteiger charge is -2.09. The first kappa shape index (κ1) is 18.7. The number of esters is 1. The minimum absolute atomic E-state index is 0.224. The monoisotopic (exact) mass is 404 g/mol. The molecule has 25 heavy (non-hydrogen) atoms. The largest absolute Gasteiger partial charge is 0.427 e. The predicted molar refractivity (Wildman–Crippen MR) is 96.6 cm³/mol. The highest BCUT2D eigenvalue weighted by Gasteiger charge is 2.10. The number of halogens is 1. The molecule has 0 fully saturated rings. The van der Waals surface area contributed by atoms with Gasteiger partial charge in [0.2, 0.25) is 0 Å². The van der Waals surface area contributed by atoms with Gasteiger partial charge in [-0.15, -0.1) is 0 Å². The summed E-state index contributed by atoms with van der Waals surface area (Å²) in [6.07, 6.45) is 0. The first-order valence-corrected chi connectivity index (χ1v) is 8.36. The molecule has 0 saturated carbocycles. The molecule has 0 aliphatic heterocycles. The minimum Gasteiger partial charge on any atom is -0.427 e. The van der Waals surface area contributed by atoms with Crippen molar-refractivity contribution in [3.8, 4) is 5.75 Å². The fourth-order valence-corrected chi connectivity index (χ4v) is 2.53. The number of ether oxygens (including phenoxy) is 1. The summed E-state index contributed by atoms with van der Waals surface area (Å²) in [7, 11) is 0. The number of carbonyl (C=O) groups excluding carboxylic acids is 3. The van der Waals surface area contributed by atoms with Crippen molar-refractivity contribution in [3.05, 3.63) is 64.1 Å². The van der Waals surface area contributed by atoms with Gasteiger partial charge in [-0.25, -0.2) is 0 Å². The molecule has 2 aromatic carbocycles. The topological polar surface area (TPSA) is 84.5 Å². The summed E-state index contributed by atoms with van der Waals surface area (Å²) in [6, 6.07) is 13.4. The van der Waals surface area contributed by atoms with Crippen LogP contribution in [-0.4, -0.2) is 30.9 Å². The van der Waals surface area contributed by atoms with Crippen molar-refractivity contribution >= 4 is 33.7 Å². The van der Waals surface area contributed by atoms with E-state index >= 15 is 0 Å². The molecule has 0 saturated heterocycles. The van der Waals surface area contributed by atoms with E-state index in [-0.39, 0.29) is 24.9 Å². The first-order valence-electron chi connectivity index (χ1n) is 7.57. The number of amides is 2. The fourth-order valence-electron chi connectivity index (χ4n) is 2.06. The Hall–Kier alpha value is -2.67. The van der Waals surface area contributed by atoms with E-state index in [1.807, 2.05) is 6.07 Å². The molecular weight excluding hydrogens is 388 g/mol. The van der Waals surface area contributed by atoms with E-state index in [1.165, 1.54) is 13.0 Å². The lowest BCUT2D eigenvalue weighted by atomic mass is 10.2. The molecule has 0 heterocycles. The lowest BCUT2D eigenvalue weighted by molar-refractivity contribution is -0.131. The van der Waals surface area contributed by atoms with Gasteiger partial charge in [-0.05, 0) is 46.3 Å². The number of hydrogen-bond acceptors (Lipinski definition) is 4. The van der Waals surface area contributed by atoms with Crippen LogP contribution in [0, 0.1) is 0 Å². The molecule has 2 N–H and O–H groups in total. The summed E-state index contributed by atoms with van der Waals surface area (Å²) in [5.41, 5.74) is 0.902. The number of nitrogens with one attached hydrogen (secondary N) is 2. The summed E-state index contributed by atoms with van der Waals surface area (Å²) >= 11 is 3.32. The number of rotatable bonds is 6. The van der Waals surface area contributed by atoms with Gasteiger partial charge in [0.1, 0.15) is 5.75 Å². The number of hydrogen-bond donors (Lipinski definition) is 2. The quantitative estimate of drug-likeness (QED) is 0.440. The van der Waals surface area contributed by atoms with Gasteiger partial charge in [0.05, 0.1) is 5.56 Å². The number of carbonyl (C=O) groups is 3. The Labute approximate surface area is 153 Å². The Bertz CT molecular complexity index is 792. The summed E-state index contributed by atoms with van der Waals surface area (Å²) in [4.78, 5) is 35.0. The maximum Gasteiger partial charge on any atom is 0.308 e. The molecule has 2 rings (SSSR count). The van der Waals surface area contributed by atoms with Crippen LogP contribution in [-0.2, 0) is 4.79 Å². The van der Waals surface area contributed by atoms with Crippen molar-refractivity contribution in [3.63, 3.8) is 0 Å². The van der Waals surface area contributed by atoms with Gasteiger partial charge in [-0.1, -0.05) is 18.2 Å². The third kappa shape index (κ3) is 5.72. The van der Waals surface area contributed by atoms with Crippen LogP contribution in [0.1, 0.15) is 27.6 Å². The average molecular weight is 405 g/mol. The summed E-state index contributed by atoms with van der Waals surface area (Å²) in [5.74, 6) is -0.683. The van der Waals surface area contributed by atoms with Crippen molar-refractivity contribution in [2.45, 2.75) is 6.92 Å². The van der Waals surface area contributed by atoms with Crippen molar-refractivity contribution in [2.75, 3.05) is 13.1 Å². The molecule has 7 heteroatoms. The Morgan fingerprint density at radius 2 is 1.64 bits per heavy atom. The summed E-state index contributed by atoms with van der Waals surface area (Å²) < 4.78 is 5.65. The van der Waals surface area contributed by atoms with E-state index < -0.39 is 5.97 Å². The second-order valence-corrected chi connectivity index (χ2v) is 5.97.